The molecule has 1 aliphatic carbocycles. The van der Waals surface area contributed by atoms with Crippen molar-refractivity contribution >= 4 is 11.8 Å². The van der Waals surface area contributed by atoms with Crippen LogP contribution in [-0.4, -0.2) is 17.2 Å². The molecule has 0 spiro atoms. The number of benzene rings is 1. The van der Waals surface area contributed by atoms with Crippen molar-refractivity contribution in [2.75, 3.05) is 5.32 Å². The first kappa shape index (κ1) is 13.6. The first-order chi connectivity index (χ1) is 10.2. The third kappa shape index (κ3) is 3.21. The van der Waals surface area contributed by atoms with E-state index in [2.05, 4.69) is 10.3 Å². The molecule has 1 N–H and O–H groups in total. The number of nitrogens with one attached hydrogen (secondary N) is 1. The number of hydrogen-bond acceptors (Lipinski definition) is 3. The minimum absolute atomic E-state index is 0.0910. The van der Waals surface area contributed by atoms with E-state index in [1.807, 2.05) is 43.5 Å². The Kier molecular flexibility index (Phi) is 3.86. The van der Waals surface area contributed by atoms with Crippen molar-refractivity contribution in [2.45, 2.75) is 32.3 Å². The molecule has 0 aliphatic heterocycles. The topological polar surface area (TPSA) is 51.2 Å². The lowest BCUT2D eigenvalue weighted by atomic mass is 9.96. The zero-order chi connectivity index (χ0) is 14.7. The monoisotopic (exact) mass is 282 g/mol. The maximum Gasteiger partial charge on any atom is 0.411 e. The van der Waals surface area contributed by atoms with Crippen LogP contribution in [0.2, 0.25) is 0 Å². The molecule has 4 heteroatoms. The smallest absolute Gasteiger partial charge is 0.411 e. The zero-order valence-corrected chi connectivity index (χ0v) is 12.0. The molecule has 1 aromatic carbocycles. The Labute approximate surface area is 124 Å². The number of hydrogen-bond donors (Lipinski definition) is 1. The van der Waals surface area contributed by atoms with Gasteiger partial charge < -0.3 is 4.74 Å². The van der Waals surface area contributed by atoms with Crippen molar-refractivity contribution in [1.29, 1.82) is 0 Å². The predicted molar refractivity (Wildman–Crippen MR) is 82.2 cm³/mol. The molecule has 1 saturated carbocycles. The van der Waals surface area contributed by atoms with Crippen molar-refractivity contribution in [3.05, 3.63) is 48.3 Å². The van der Waals surface area contributed by atoms with Gasteiger partial charge in [0, 0.05) is 23.6 Å². The lowest BCUT2D eigenvalue weighted by molar-refractivity contribution is 0.0624. The molecular weight excluding hydrogens is 264 g/mol. The Morgan fingerprint density at radius 3 is 2.86 bits per heavy atom. The number of amides is 1. The van der Waals surface area contributed by atoms with Gasteiger partial charge >= 0.3 is 6.09 Å². The minimum Gasteiger partial charge on any atom is -0.446 e. The van der Waals surface area contributed by atoms with Crippen molar-refractivity contribution in [1.82, 2.24) is 4.98 Å². The number of rotatable bonds is 3. The molecule has 1 heterocycles. The third-order valence-corrected chi connectivity index (χ3v) is 3.78. The van der Waals surface area contributed by atoms with Crippen LogP contribution in [0.5, 0.6) is 0 Å². The van der Waals surface area contributed by atoms with Gasteiger partial charge in [-0.2, -0.15) is 0 Å². The number of aryl methyl sites for hydroxylation is 1. The summed E-state index contributed by atoms with van der Waals surface area (Å²) in [6.45, 7) is 2.04. The van der Waals surface area contributed by atoms with E-state index in [0.29, 0.717) is 0 Å². The standard InChI is InChI=1S/C17H18N2O2/c1-12-7-8-14(19-17(20)21-15-5-2-6-15)10-16(12)13-4-3-9-18-11-13/h3-4,7-11,15H,2,5-6H2,1H3,(H,19,20). The van der Waals surface area contributed by atoms with Gasteiger partial charge in [0.1, 0.15) is 6.10 Å². The fourth-order valence-corrected chi connectivity index (χ4v) is 2.32. The molecule has 0 bridgehead atoms. The molecule has 4 nitrogen and oxygen atoms in total. The van der Waals surface area contributed by atoms with Gasteiger partial charge in [0.25, 0.3) is 0 Å². The SMILES string of the molecule is Cc1ccc(NC(=O)OC2CCC2)cc1-c1cccnc1. The summed E-state index contributed by atoms with van der Waals surface area (Å²) in [6, 6.07) is 9.73. The summed E-state index contributed by atoms with van der Waals surface area (Å²) in [6.07, 6.45) is 6.38. The molecule has 0 saturated heterocycles. The van der Waals surface area contributed by atoms with Crippen molar-refractivity contribution in [3.8, 4) is 11.1 Å². The fraction of sp³-hybridized carbons (Fsp3) is 0.294. The molecule has 3 rings (SSSR count). The highest BCUT2D eigenvalue weighted by molar-refractivity contribution is 5.86. The Morgan fingerprint density at radius 1 is 1.33 bits per heavy atom. The summed E-state index contributed by atoms with van der Waals surface area (Å²) < 4.78 is 5.30. The summed E-state index contributed by atoms with van der Waals surface area (Å²) in [7, 11) is 0. The number of ether oxygens (including phenoxy) is 1. The minimum atomic E-state index is -0.374. The van der Waals surface area contributed by atoms with E-state index in [1.165, 1.54) is 0 Å². The first-order valence-corrected chi connectivity index (χ1v) is 7.21. The number of nitrogens with zero attached hydrogens (tertiary/aromatic N) is 1. The Morgan fingerprint density at radius 2 is 2.19 bits per heavy atom. The molecule has 0 radical (unpaired) electrons. The first-order valence-electron chi connectivity index (χ1n) is 7.21. The Balaban J connectivity index is 1.76. The summed E-state index contributed by atoms with van der Waals surface area (Å²) in [5.41, 5.74) is 3.97. The van der Waals surface area contributed by atoms with Gasteiger partial charge in [0.2, 0.25) is 0 Å². The predicted octanol–water partition coefficient (Wildman–Crippen LogP) is 4.16. The fourth-order valence-electron chi connectivity index (χ4n) is 2.32. The van der Waals surface area contributed by atoms with E-state index >= 15 is 0 Å². The molecule has 0 atom stereocenters. The van der Waals surface area contributed by atoms with E-state index in [1.54, 1.807) is 6.20 Å². The van der Waals surface area contributed by atoms with Crippen molar-refractivity contribution in [3.63, 3.8) is 0 Å². The molecule has 1 aliphatic rings. The largest absolute Gasteiger partial charge is 0.446 e. The van der Waals surface area contributed by atoms with Crippen LogP contribution in [0, 0.1) is 6.92 Å². The molecule has 108 valence electrons. The van der Waals surface area contributed by atoms with E-state index in [-0.39, 0.29) is 12.2 Å². The second-order valence-electron chi connectivity index (χ2n) is 5.35. The van der Waals surface area contributed by atoms with Gasteiger partial charge in [0.05, 0.1) is 0 Å². The highest BCUT2D eigenvalue weighted by Gasteiger charge is 2.21. The quantitative estimate of drug-likeness (QED) is 0.919. The van der Waals surface area contributed by atoms with Gasteiger partial charge in [0.15, 0.2) is 0 Å². The summed E-state index contributed by atoms with van der Waals surface area (Å²) in [5, 5.41) is 2.80. The van der Waals surface area contributed by atoms with Crippen LogP contribution in [0.15, 0.2) is 42.7 Å². The highest BCUT2D eigenvalue weighted by atomic mass is 16.6. The number of carbonyl (C=O) groups is 1. The van der Waals surface area contributed by atoms with Crippen LogP contribution in [0.4, 0.5) is 10.5 Å². The number of pyridine rings is 1. The van der Waals surface area contributed by atoms with Gasteiger partial charge in [-0.25, -0.2) is 4.79 Å². The molecule has 21 heavy (non-hydrogen) atoms. The Bertz CT molecular complexity index is 636. The second kappa shape index (κ2) is 5.95. The van der Waals surface area contributed by atoms with Gasteiger partial charge in [-0.05, 0) is 55.5 Å². The average molecular weight is 282 g/mol. The molecular formula is C17H18N2O2. The van der Waals surface area contributed by atoms with E-state index < -0.39 is 0 Å². The summed E-state index contributed by atoms with van der Waals surface area (Å²) in [5.74, 6) is 0. The maximum absolute atomic E-state index is 11.8. The molecule has 1 aromatic heterocycles. The summed E-state index contributed by atoms with van der Waals surface area (Å²) >= 11 is 0. The maximum atomic E-state index is 11.8. The molecule has 1 amide bonds. The highest BCUT2D eigenvalue weighted by Crippen LogP contribution is 2.27. The van der Waals surface area contributed by atoms with E-state index in [9.17, 15) is 4.79 Å². The number of aromatic nitrogens is 1. The van der Waals surface area contributed by atoms with Crippen LogP contribution >= 0.6 is 0 Å². The third-order valence-electron chi connectivity index (χ3n) is 3.78. The van der Waals surface area contributed by atoms with Crippen LogP contribution in [0.1, 0.15) is 24.8 Å². The average Bonchev–Trinajstić information content (AvgIpc) is 2.46. The van der Waals surface area contributed by atoms with E-state index in [0.717, 1.165) is 41.6 Å². The van der Waals surface area contributed by atoms with Crippen molar-refractivity contribution in [2.24, 2.45) is 0 Å². The number of anilines is 1. The molecule has 2 aromatic rings. The van der Waals surface area contributed by atoms with Crippen LogP contribution < -0.4 is 5.32 Å². The molecule has 1 fully saturated rings. The van der Waals surface area contributed by atoms with Crippen LogP contribution in [0.25, 0.3) is 11.1 Å². The normalized spacial score (nSPS) is 14.3. The van der Waals surface area contributed by atoms with Crippen molar-refractivity contribution < 1.29 is 9.53 Å². The van der Waals surface area contributed by atoms with E-state index in [4.69, 9.17) is 4.74 Å². The zero-order valence-electron chi connectivity index (χ0n) is 12.0. The Hall–Kier alpha value is -2.36. The van der Waals surface area contributed by atoms with Crippen LogP contribution in [0.3, 0.4) is 0 Å². The van der Waals surface area contributed by atoms with Gasteiger partial charge in [-0.1, -0.05) is 12.1 Å². The molecule has 0 unspecified atom stereocenters. The lowest BCUT2D eigenvalue weighted by Crippen LogP contribution is -2.27. The lowest BCUT2D eigenvalue weighted by Gasteiger charge is -2.25. The second-order valence-corrected chi connectivity index (χ2v) is 5.35. The number of carbonyl (C=O) groups excluding carboxylic acids is 1. The summed E-state index contributed by atoms with van der Waals surface area (Å²) in [4.78, 5) is 15.9. The van der Waals surface area contributed by atoms with Gasteiger partial charge in [-0.3, -0.25) is 10.3 Å². The van der Waals surface area contributed by atoms with Gasteiger partial charge in [-0.15, -0.1) is 0 Å². The van der Waals surface area contributed by atoms with Crippen LogP contribution in [-0.2, 0) is 4.74 Å².